The minimum atomic E-state index is -0.110. The van der Waals surface area contributed by atoms with Crippen LogP contribution in [0.4, 0.5) is 5.82 Å². The highest BCUT2D eigenvalue weighted by atomic mass is 16.5. The largest absolute Gasteiger partial charge is 0.493 e. The van der Waals surface area contributed by atoms with Crippen LogP contribution in [0.2, 0.25) is 0 Å². The zero-order chi connectivity index (χ0) is 22.9. The number of para-hydroxylation sites is 1. The van der Waals surface area contributed by atoms with Gasteiger partial charge in [-0.25, -0.2) is 4.68 Å². The van der Waals surface area contributed by atoms with Gasteiger partial charge in [-0.1, -0.05) is 48.5 Å². The van der Waals surface area contributed by atoms with Gasteiger partial charge in [-0.2, -0.15) is 5.10 Å². The number of hydrogen-bond acceptors (Lipinski definition) is 4. The summed E-state index contributed by atoms with van der Waals surface area (Å²) in [5, 5.41) is 7.38. The van der Waals surface area contributed by atoms with Crippen LogP contribution in [0.15, 0.2) is 72.9 Å². The SMILES string of the molecule is O=C(CCOc1ccccc1)Nc1ccnn1C1CCN(C(=O)CCc2ccccc2)CC1. The fourth-order valence-electron chi connectivity index (χ4n) is 4.10. The number of aromatic nitrogens is 2. The van der Waals surface area contributed by atoms with Gasteiger partial charge < -0.3 is 15.0 Å². The molecule has 1 aliphatic heterocycles. The molecule has 1 saturated heterocycles. The van der Waals surface area contributed by atoms with Crippen molar-refractivity contribution >= 4 is 17.6 Å². The molecular weight excluding hydrogens is 416 g/mol. The molecular formula is C26H30N4O3. The molecule has 1 aliphatic rings. The highest BCUT2D eigenvalue weighted by Gasteiger charge is 2.25. The van der Waals surface area contributed by atoms with Crippen LogP contribution < -0.4 is 10.1 Å². The lowest BCUT2D eigenvalue weighted by Crippen LogP contribution is -2.39. The summed E-state index contributed by atoms with van der Waals surface area (Å²) in [4.78, 5) is 26.9. The van der Waals surface area contributed by atoms with Crippen molar-refractivity contribution in [2.45, 2.75) is 38.1 Å². The van der Waals surface area contributed by atoms with Gasteiger partial charge in [-0.3, -0.25) is 9.59 Å². The predicted octanol–water partition coefficient (Wildman–Crippen LogP) is 4.09. The quantitative estimate of drug-likeness (QED) is 0.537. The first-order chi connectivity index (χ1) is 16.2. The zero-order valence-electron chi connectivity index (χ0n) is 18.7. The molecule has 0 atom stereocenters. The fourth-order valence-corrected chi connectivity index (χ4v) is 4.10. The Labute approximate surface area is 194 Å². The Morgan fingerprint density at radius 1 is 0.939 bits per heavy atom. The number of hydrogen-bond donors (Lipinski definition) is 1. The average Bonchev–Trinajstić information content (AvgIpc) is 3.32. The van der Waals surface area contributed by atoms with E-state index < -0.39 is 0 Å². The number of amides is 2. The molecule has 33 heavy (non-hydrogen) atoms. The highest BCUT2D eigenvalue weighted by Crippen LogP contribution is 2.26. The second-order valence-electron chi connectivity index (χ2n) is 8.22. The van der Waals surface area contributed by atoms with Gasteiger partial charge in [0.2, 0.25) is 11.8 Å². The number of nitrogens with one attached hydrogen (secondary N) is 1. The van der Waals surface area contributed by atoms with Gasteiger partial charge in [-0.15, -0.1) is 0 Å². The lowest BCUT2D eigenvalue weighted by molar-refractivity contribution is -0.132. The van der Waals surface area contributed by atoms with Gasteiger partial charge in [0, 0.05) is 25.6 Å². The van der Waals surface area contributed by atoms with Crippen molar-refractivity contribution in [3.05, 3.63) is 78.5 Å². The number of carbonyl (C=O) groups excluding carboxylic acids is 2. The molecule has 0 bridgehead atoms. The Hall–Kier alpha value is -3.61. The molecule has 7 nitrogen and oxygen atoms in total. The number of carbonyl (C=O) groups is 2. The van der Waals surface area contributed by atoms with Gasteiger partial charge in [0.1, 0.15) is 11.6 Å². The molecule has 1 aromatic heterocycles. The average molecular weight is 447 g/mol. The third kappa shape index (κ3) is 6.44. The summed E-state index contributed by atoms with van der Waals surface area (Å²) in [6.07, 6.45) is 4.89. The Bertz CT molecular complexity index is 1030. The maximum absolute atomic E-state index is 12.6. The number of rotatable bonds is 9. The van der Waals surface area contributed by atoms with Crippen LogP contribution >= 0.6 is 0 Å². The van der Waals surface area contributed by atoms with Crippen LogP contribution in [0.1, 0.15) is 37.3 Å². The van der Waals surface area contributed by atoms with Crippen LogP contribution in [-0.4, -0.2) is 46.2 Å². The third-order valence-corrected chi connectivity index (χ3v) is 5.91. The normalized spacial score (nSPS) is 14.1. The summed E-state index contributed by atoms with van der Waals surface area (Å²) >= 11 is 0. The van der Waals surface area contributed by atoms with Crippen molar-refractivity contribution < 1.29 is 14.3 Å². The predicted molar refractivity (Wildman–Crippen MR) is 127 cm³/mol. The molecule has 0 saturated carbocycles. The molecule has 3 aromatic rings. The van der Waals surface area contributed by atoms with Crippen LogP contribution in [0.25, 0.3) is 0 Å². The van der Waals surface area contributed by atoms with E-state index in [0.717, 1.165) is 25.0 Å². The molecule has 0 unspecified atom stereocenters. The first-order valence-electron chi connectivity index (χ1n) is 11.5. The van der Waals surface area contributed by atoms with E-state index in [-0.39, 0.29) is 24.3 Å². The number of nitrogens with zero attached hydrogens (tertiary/aromatic N) is 3. The minimum Gasteiger partial charge on any atom is -0.493 e. The van der Waals surface area contributed by atoms with Gasteiger partial charge in [0.05, 0.1) is 25.3 Å². The molecule has 7 heteroatoms. The number of benzene rings is 2. The molecule has 2 aromatic carbocycles. The van der Waals surface area contributed by atoms with E-state index in [1.807, 2.05) is 64.2 Å². The Balaban J connectivity index is 1.22. The summed E-state index contributed by atoms with van der Waals surface area (Å²) < 4.78 is 7.48. The van der Waals surface area contributed by atoms with E-state index in [4.69, 9.17) is 4.74 Å². The topological polar surface area (TPSA) is 76.5 Å². The Morgan fingerprint density at radius 2 is 1.64 bits per heavy atom. The van der Waals surface area contributed by atoms with Gasteiger partial charge in [0.25, 0.3) is 0 Å². The van der Waals surface area contributed by atoms with E-state index in [0.29, 0.717) is 31.9 Å². The molecule has 2 heterocycles. The third-order valence-electron chi connectivity index (χ3n) is 5.91. The second kappa shape index (κ2) is 11.3. The number of piperidine rings is 1. The lowest BCUT2D eigenvalue weighted by atomic mass is 10.0. The molecule has 1 fully saturated rings. The monoisotopic (exact) mass is 446 g/mol. The first-order valence-corrected chi connectivity index (χ1v) is 11.5. The van der Waals surface area contributed by atoms with Crippen LogP contribution in [0, 0.1) is 0 Å². The molecule has 2 amide bonds. The Kier molecular flexibility index (Phi) is 7.74. The van der Waals surface area contributed by atoms with Gasteiger partial charge in [-0.05, 0) is 37.0 Å². The van der Waals surface area contributed by atoms with E-state index in [1.165, 1.54) is 5.56 Å². The van der Waals surface area contributed by atoms with Crippen molar-refractivity contribution in [2.75, 3.05) is 25.0 Å². The Morgan fingerprint density at radius 3 is 2.36 bits per heavy atom. The van der Waals surface area contributed by atoms with E-state index in [9.17, 15) is 9.59 Å². The molecule has 4 rings (SSSR count). The summed E-state index contributed by atoms with van der Waals surface area (Å²) in [5.74, 6) is 1.53. The molecule has 0 spiro atoms. The molecule has 172 valence electrons. The smallest absolute Gasteiger partial charge is 0.228 e. The maximum atomic E-state index is 12.6. The fraction of sp³-hybridized carbons (Fsp3) is 0.346. The molecule has 1 N–H and O–H groups in total. The molecule has 0 aliphatic carbocycles. The van der Waals surface area contributed by atoms with Crippen molar-refractivity contribution in [3.63, 3.8) is 0 Å². The summed E-state index contributed by atoms with van der Waals surface area (Å²) in [6, 6.07) is 21.5. The van der Waals surface area contributed by atoms with Crippen LogP contribution in [0.5, 0.6) is 5.75 Å². The summed E-state index contributed by atoms with van der Waals surface area (Å²) in [6.45, 7) is 1.72. The number of ether oxygens (including phenoxy) is 1. The maximum Gasteiger partial charge on any atom is 0.228 e. The summed E-state index contributed by atoms with van der Waals surface area (Å²) in [7, 11) is 0. The zero-order valence-corrected chi connectivity index (χ0v) is 18.7. The van der Waals surface area contributed by atoms with Crippen molar-refractivity contribution in [2.24, 2.45) is 0 Å². The van der Waals surface area contributed by atoms with Gasteiger partial charge >= 0.3 is 0 Å². The molecule has 0 radical (unpaired) electrons. The van der Waals surface area contributed by atoms with Crippen molar-refractivity contribution in [1.29, 1.82) is 0 Å². The van der Waals surface area contributed by atoms with Crippen molar-refractivity contribution in [3.8, 4) is 5.75 Å². The van der Waals surface area contributed by atoms with Crippen LogP contribution in [0.3, 0.4) is 0 Å². The first kappa shape index (κ1) is 22.6. The minimum absolute atomic E-state index is 0.110. The number of anilines is 1. The van der Waals surface area contributed by atoms with Crippen molar-refractivity contribution in [1.82, 2.24) is 14.7 Å². The van der Waals surface area contributed by atoms with E-state index >= 15 is 0 Å². The lowest BCUT2D eigenvalue weighted by Gasteiger charge is -2.33. The standard InChI is InChI=1S/C26H30N4O3/c31-25(16-20-33-23-9-5-2-6-10-23)28-24-13-17-27-30(24)22-14-18-29(19-15-22)26(32)12-11-21-7-3-1-4-8-21/h1-10,13,17,22H,11-12,14-16,18-20H2,(H,28,31). The van der Waals surface area contributed by atoms with Crippen LogP contribution in [-0.2, 0) is 16.0 Å². The second-order valence-corrected chi connectivity index (χ2v) is 8.22. The van der Waals surface area contributed by atoms with Gasteiger partial charge in [0.15, 0.2) is 0 Å². The summed E-state index contributed by atoms with van der Waals surface area (Å²) in [5.41, 5.74) is 1.19. The number of aryl methyl sites for hydroxylation is 1. The number of likely N-dealkylation sites (tertiary alicyclic amines) is 1. The van der Waals surface area contributed by atoms with E-state index in [2.05, 4.69) is 22.5 Å². The van der Waals surface area contributed by atoms with E-state index in [1.54, 1.807) is 6.20 Å². The highest BCUT2D eigenvalue weighted by molar-refractivity contribution is 5.89.